The van der Waals surface area contributed by atoms with Crippen molar-refractivity contribution in [3.05, 3.63) is 23.8 Å². The van der Waals surface area contributed by atoms with Gasteiger partial charge in [0.05, 0.1) is 14.2 Å². The van der Waals surface area contributed by atoms with Crippen LogP contribution in [-0.2, 0) is 16.0 Å². The summed E-state index contributed by atoms with van der Waals surface area (Å²) in [6.45, 7) is 3.41. The number of carboxylic acid groups (broad SMARTS) is 1. The fourth-order valence-electron chi connectivity index (χ4n) is 2.86. The van der Waals surface area contributed by atoms with Crippen LogP contribution < -0.4 is 9.47 Å². The smallest absolute Gasteiger partial charge is 0.326 e. The molecule has 0 heterocycles. The molecule has 2 rings (SSSR count). The number of hydrogen-bond acceptors (Lipinski definition) is 4. The van der Waals surface area contributed by atoms with Gasteiger partial charge in [0.15, 0.2) is 11.5 Å². The Kier molecular flexibility index (Phi) is 5.70. The molecule has 1 fully saturated rings. The number of carboxylic acids is 1. The minimum atomic E-state index is -0.964. The maximum Gasteiger partial charge on any atom is 0.326 e. The van der Waals surface area contributed by atoms with Gasteiger partial charge in [0.2, 0.25) is 5.91 Å². The fraction of sp³-hybridized carbons (Fsp3) is 0.556. The van der Waals surface area contributed by atoms with Gasteiger partial charge in [0, 0.05) is 12.0 Å². The average Bonchev–Trinajstić information content (AvgIpc) is 3.39. The molecule has 1 aromatic rings. The lowest BCUT2D eigenvalue weighted by Gasteiger charge is -2.29. The van der Waals surface area contributed by atoms with Gasteiger partial charge in [-0.05, 0) is 43.9 Å². The molecule has 6 heteroatoms. The van der Waals surface area contributed by atoms with Gasteiger partial charge in [0.1, 0.15) is 6.04 Å². The third kappa shape index (κ3) is 3.99. The molecular weight excluding hydrogens is 310 g/mol. The van der Waals surface area contributed by atoms with E-state index in [2.05, 4.69) is 0 Å². The molecule has 6 nitrogen and oxygen atoms in total. The Bertz CT molecular complexity index is 611. The van der Waals surface area contributed by atoms with Crippen molar-refractivity contribution in [1.82, 2.24) is 4.90 Å². The lowest BCUT2D eigenvalue weighted by atomic mass is 9.98. The number of amides is 1. The molecule has 24 heavy (non-hydrogen) atoms. The molecule has 1 saturated carbocycles. The van der Waals surface area contributed by atoms with E-state index in [-0.39, 0.29) is 17.9 Å². The van der Waals surface area contributed by atoms with E-state index in [1.165, 1.54) is 4.90 Å². The fourth-order valence-corrected chi connectivity index (χ4v) is 2.86. The summed E-state index contributed by atoms with van der Waals surface area (Å²) >= 11 is 0. The lowest BCUT2D eigenvalue weighted by Crippen LogP contribution is -2.47. The number of methoxy groups -OCH3 is 2. The molecule has 1 aliphatic rings. The Labute approximate surface area is 142 Å². The maximum atomic E-state index is 12.8. The van der Waals surface area contributed by atoms with Crippen LogP contribution >= 0.6 is 0 Å². The number of aliphatic carboxylic acids is 1. The molecule has 2 unspecified atom stereocenters. The van der Waals surface area contributed by atoms with E-state index in [0.29, 0.717) is 17.9 Å². The Hall–Kier alpha value is -2.24. The van der Waals surface area contributed by atoms with Crippen molar-refractivity contribution in [3.8, 4) is 11.5 Å². The van der Waals surface area contributed by atoms with E-state index in [1.54, 1.807) is 21.1 Å². The quantitative estimate of drug-likeness (QED) is 0.789. The van der Waals surface area contributed by atoms with Crippen molar-refractivity contribution in [2.75, 3.05) is 14.2 Å². The van der Waals surface area contributed by atoms with Gasteiger partial charge in [-0.25, -0.2) is 4.79 Å². The van der Waals surface area contributed by atoms with Crippen molar-refractivity contribution in [3.63, 3.8) is 0 Å². The summed E-state index contributed by atoms with van der Waals surface area (Å²) < 4.78 is 10.5. The first-order valence-electron chi connectivity index (χ1n) is 8.14. The number of benzene rings is 1. The summed E-state index contributed by atoms with van der Waals surface area (Å²) in [6.07, 6.45) is 2.29. The maximum absolute atomic E-state index is 12.8. The van der Waals surface area contributed by atoms with Crippen LogP contribution in [0.3, 0.4) is 0 Å². The molecule has 1 amide bonds. The van der Waals surface area contributed by atoms with Crippen LogP contribution in [0.25, 0.3) is 0 Å². The van der Waals surface area contributed by atoms with Crippen molar-refractivity contribution < 1.29 is 24.2 Å². The van der Waals surface area contributed by atoms with Crippen LogP contribution in [0.5, 0.6) is 11.5 Å². The number of carbonyl (C=O) groups is 2. The van der Waals surface area contributed by atoms with Gasteiger partial charge in [-0.2, -0.15) is 0 Å². The largest absolute Gasteiger partial charge is 0.493 e. The molecule has 1 aliphatic carbocycles. The van der Waals surface area contributed by atoms with E-state index in [4.69, 9.17) is 9.47 Å². The lowest BCUT2D eigenvalue weighted by molar-refractivity contribution is -0.151. The number of carbonyl (C=O) groups excluding carboxylic acids is 1. The van der Waals surface area contributed by atoms with Gasteiger partial charge in [-0.1, -0.05) is 13.0 Å². The SMILES string of the molecule is COc1ccc(CC(C)C(=O)N(C2CC2)C(C)C(=O)O)cc1OC. The highest BCUT2D eigenvalue weighted by atomic mass is 16.5. The Morgan fingerprint density at radius 2 is 1.83 bits per heavy atom. The number of hydrogen-bond donors (Lipinski definition) is 1. The molecule has 132 valence electrons. The van der Waals surface area contributed by atoms with Crippen LogP contribution in [0.15, 0.2) is 18.2 Å². The minimum Gasteiger partial charge on any atom is -0.493 e. The number of rotatable bonds is 8. The monoisotopic (exact) mass is 335 g/mol. The average molecular weight is 335 g/mol. The van der Waals surface area contributed by atoms with E-state index in [0.717, 1.165) is 18.4 Å². The van der Waals surface area contributed by atoms with Crippen molar-refractivity contribution in [2.45, 2.75) is 45.2 Å². The number of nitrogens with zero attached hydrogens (tertiary/aromatic N) is 1. The number of ether oxygens (including phenoxy) is 2. The molecule has 0 aromatic heterocycles. The zero-order chi connectivity index (χ0) is 17.9. The van der Waals surface area contributed by atoms with Gasteiger partial charge in [-0.15, -0.1) is 0 Å². The van der Waals surface area contributed by atoms with Crippen LogP contribution in [-0.4, -0.2) is 48.2 Å². The summed E-state index contributed by atoms with van der Waals surface area (Å²) in [7, 11) is 3.14. The highest BCUT2D eigenvalue weighted by Gasteiger charge is 2.39. The molecule has 1 N–H and O–H groups in total. The van der Waals surface area contributed by atoms with Gasteiger partial charge in [0.25, 0.3) is 0 Å². The van der Waals surface area contributed by atoms with Crippen molar-refractivity contribution >= 4 is 11.9 Å². The van der Waals surface area contributed by atoms with Gasteiger partial charge < -0.3 is 19.5 Å². The molecule has 2 atom stereocenters. The molecule has 0 spiro atoms. The van der Waals surface area contributed by atoms with Gasteiger partial charge in [-0.3, -0.25) is 4.79 Å². The predicted molar refractivity (Wildman–Crippen MR) is 89.4 cm³/mol. The summed E-state index contributed by atoms with van der Waals surface area (Å²) in [6, 6.07) is 4.83. The van der Waals surface area contributed by atoms with Crippen molar-refractivity contribution in [1.29, 1.82) is 0 Å². The van der Waals surface area contributed by atoms with Crippen LogP contribution in [0.4, 0.5) is 0 Å². The molecule has 0 radical (unpaired) electrons. The highest BCUT2D eigenvalue weighted by Crippen LogP contribution is 2.32. The first-order chi connectivity index (χ1) is 11.4. The summed E-state index contributed by atoms with van der Waals surface area (Å²) in [5, 5.41) is 9.25. The second-order valence-electron chi connectivity index (χ2n) is 6.29. The standard InChI is InChI=1S/C18H25NO5/c1-11(9-13-5-8-15(23-3)16(10-13)24-4)17(20)19(14-6-7-14)12(2)18(21)22/h5,8,10-12,14H,6-7,9H2,1-4H3,(H,21,22). The third-order valence-electron chi connectivity index (χ3n) is 4.38. The summed E-state index contributed by atoms with van der Waals surface area (Å²) in [5.41, 5.74) is 0.951. The molecule has 0 saturated heterocycles. The second-order valence-corrected chi connectivity index (χ2v) is 6.29. The highest BCUT2D eigenvalue weighted by molar-refractivity contribution is 5.85. The Morgan fingerprint density at radius 1 is 1.21 bits per heavy atom. The first-order valence-corrected chi connectivity index (χ1v) is 8.14. The van der Waals surface area contributed by atoms with Gasteiger partial charge >= 0.3 is 5.97 Å². The van der Waals surface area contributed by atoms with Crippen LogP contribution in [0.1, 0.15) is 32.3 Å². The third-order valence-corrected chi connectivity index (χ3v) is 4.38. The summed E-state index contributed by atoms with van der Waals surface area (Å²) in [5.74, 6) is -0.117. The molecule has 0 aliphatic heterocycles. The van der Waals surface area contributed by atoms with Crippen molar-refractivity contribution in [2.24, 2.45) is 5.92 Å². The summed E-state index contributed by atoms with van der Waals surface area (Å²) in [4.78, 5) is 25.6. The zero-order valence-corrected chi connectivity index (χ0v) is 14.6. The van der Waals surface area contributed by atoms with E-state index >= 15 is 0 Å². The van der Waals surface area contributed by atoms with Crippen LogP contribution in [0, 0.1) is 5.92 Å². The topological polar surface area (TPSA) is 76.1 Å². The zero-order valence-electron chi connectivity index (χ0n) is 14.6. The minimum absolute atomic E-state index is 0.0662. The Morgan fingerprint density at radius 3 is 2.33 bits per heavy atom. The van der Waals surface area contributed by atoms with E-state index in [1.807, 2.05) is 25.1 Å². The normalized spacial score (nSPS) is 16.2. The Balaban J connectivity index is 2.11. The molecule has 1 aromatic carbocycles. The predicted octanol–water partition coefficient (Wildman–Crippen LogP) is 2.35. The van der Waals surface area contributed by atoms with Crippen LogP contribution in [0.2, 0.25) is 0 Å². The molecular formula is C18H25NO5. The molecule has 0 bridgehead atoms. The van der Waals surface area contributed by atoms with E-state index < -0.39 is 12.0 Å². The van der Waals surface area contributed by atoms with E-state index in [9.17, 15) is 14.7 Å². The second kappa shape index (κ2) is 7.55. The first kappa shape index (κ1) is 18.1.